The molecule has 0 spiro atoms. The zero-order valence-corrected chi connectivity index (χ0v) is 13.5. The molecular weight excluding hydrogens is 314 g/mol. The normalized spacial score (nSPS) is 11.5. The second-order valence-corrected chi connectivity index (χ2v) is 4.94. The molecule has 0 heterocycles. The Morgan fingerprint density at radius 3 is 2.17 bits per heavy atom. The Morgan fingerprint density at radius 2 is 1.62 bits per heavy atom. The van der Waals surface area contributed by atoms with Crippen LogP contribution in [0.3, 0.4) is 0 Å². The topological polar surface area (TPSA) is 87.9 Å². The molecule has 0 bridgehead atoms. The highest BCUT2D eigenvalue weighted by Gasteiger charge is 2.23. The van der Waals surface area contributed by atoms with Crippen LogP contribution in [0, 0.1) is 10.1 Å². The Bertz CT molecular complexity index is 741. The van der Waals surface area contributed by atoms with Gasteiger partial charge < -0.3 is 14.2 Å². The fourth-order valence-electron chi connectivity index (χ4n) is 2.10. The number of ketones is 1. The maximum atomic E-state index is 12.4. The standard InChI is InChI=1S/C17H17NO6/c1-11(17(19)12-4-6-13(22-2)7-5-12)24-16-9-8-14(23-3)10-15(16)18(20)21/h4-11H,1-3H3/t11-/m0/s1. The number of nitrogens with zero attached hydrogens (tertiary/aromatic N) is 1. The highest BCUT2D eigenvalue weighted by Crippen LogP contribution is 2.32. The van der Waals surface area contributed by atoms with E-state index in [1.807, 2.05) is 0 Å². The SMILES string of the molecule is COc1ccc(C(=O)[C@H](C)Oc2ccc(OC)cc2[N+](=O)[O-])cc1. The summed E-state index contributed by atoms with van der Waals surface area (Å²) in [4.78, 5) is 23.0. The second-order valence-electron chi connectivity index (χ2n) is 4.94. The van der Waals surface area contributed by atoms with Gasteiger partial charge in [0.2, 0.25) is 5.78 Å². The van der Waals surface area contributed by atoms with Gasteiger partial charge in [-0.05, 0) is 43.3 Å². The van der Waals surface area contributed by atoms with Crippen molar-refractivity contribution in [2.75, 3.05) is 14.2 Å². The molecule has 126 valence electrons. The van der Waals surface area contributed by atoms with Crippen molar-refractivity contribution < 1.29 is 23.9 Å². The van der Waals surface area contributed by atoms with Crippen LogP contribution >= 0.6 is 0 Å². The molecule has 0 aliphatic rings. The lowest BCUT2D eigenvalue weighted by molar-refractivity contribution is -0.386. The molecule has 0 aliphatic heterocycles. The van der Waals surface area contributed by atoms with Crippen molar-refractivity contribution in [2.24, 2.45) is 0 Å². The third-order valence-corrected chi connectivity index (χ3v) is 3.41. The molecule has 2 aromatic rings. The first-order valence-electron chi connectivity index (χ1n) is 7.13. The summed E-state index contributed by atoms with van der Waals surface area (Å²) >= 11 is 0. The van der Waals surface area contributed by atoms with Gasteiger partial charge in [-0.1, -0.05) is 0 Å². The van der Waals surface area contributed by atoms with E-state index in [2.05, 4.69) is 0 Å². The number of ether oxygens (including phenoxy) is 3. The van der Waals surface area contributed by atoms with Crippen LogP contribution < -0.4 is 14.2 Å². The van der Waals surface area contributed by atoms with E-state index in [0.29, 0.717) is 17.1 Å². The Kier molecular flexibility index (Phi) is 5.36. The van der Waals surface area contributed by atoms with E-state index in [0.717, 1.165) is 0 Å². The van der Waals surface area contributed by atoms with Gasteiger partial charge in [-0.2, -0.15) is 0 Å². The van der Waals surface area contributed by atoms with E-state index in [9.17, 15) is 14.9 Å². The van der Waals surface area contributed by atoms with E-state index in [4.69, 9.17) is 14.2 Å². The van der Waals surface area contributed by atoms with E-state index in [1.54, 1.807) is 31.2 Å². The lowest BCUT2D eigenvalue weighted by Crippen LogP contribution is -2.24. The predicted octanol–water partition coefficient (Wildman–Crippen LogP) is 3.26. The Labute approximate surface area is 138 Å². The molecule has 24 heavy (non-hydrogen) atoms. The molecule has 7 heteroatoms. The van der Waals surface area contributed by atoms with Crippen molar-refractivity contribution in [2.45, 2.75) is 13.0 Å². The van der Waals surface area contributed by atoms with Gasteiger partial charge >= 0.3 is 5.69 Å². The second kappa shape index (κ2) is 7.45. The zero-order chi connectivity index (χ0) is 17.7. The van der Waals surface area contributed by atoms with Gasteiger partial charge in [-0.15, -0.1) is 0 Å². The van der Waals surface area contributed by atoms with Crippen LogP contribution in [-0.2, 0) is 0 Å². The van der Waals surface area contributed by atoms with Crippen molar-refractivity contribution in [3.05, 3.63) is 58.1 Å². The minimum Gasteiger partial charge on any atom is -0.497 e. The molecule has 7 nitrogen and oxygen atoms in total. The number of Topliss-reactive ketones (excluding diaryl/α,β-unsaturated/α-hetero) is 1. The van der Waals surface area contributed by atoms with Crippen LogP contribution in [0.25, 0.3) is 0 Å². The fraction of sp³-hybridized carbons (Fsp3) is 0.235. The molecule has 0 saturated heterocycles. The van der Waals surface area contributed by atoms with Crippen molar-refractivity contribution in [1.29, 1.82) is 0 Å². The van der Waals surface area contributed by atoms with Crippen molar-refractivity contribution in [3.8, 4) is 17.2 Å². The van der Waals surface area contributed by atoms with Crippen molar-refractivity contribution >= 4 is 11.5 Å². The number of nitro benzene ring substituents is 1. The van der Waals surface area contributed by atoms with Crippen LogP contribution in [0.1, 0.15) is 17.3 Å². The first-order valence-corrected chi connectivity index (χ1v) is 7.13. The van der Waals surface area contributed by atoms with E-state index < -0.39 is 11.0 Å². The maximum Gasteiger partial charge on any atom is 0.314 e. The van der Waals surface area contributed by atoms with Gasteiger partial charge in [0.05, 0.1) is 25.2 Å². The van der Waals surface area contributed by atoms with Crippen LogP contribution in [0.2, 0.25) is 0 Å². The van der Waals surface area contributed by atoms with Crippen LogP contribution in [0.15, 0.2) is 42.5 Å². The third kappa shape index (κ3) is 3.81. The summed E-state index contributed by atoms with van der Waals surface area (Å²) in [5, 5.41) is 11.2. The lowest BCUT2D eigenvalue weighted by Gasteiger charge is -2.14. The Hall–Kier alpha value is -3.09. The number of nitro groups is 1. The minimum absolute atomic E-state index is 0.00941. The molecule has 0 fully saturated rings. The molecule has 1 atom stereocenters. The van der Waals surface area contributed by atoms with Gasteiger partial charge in [0, 0.05) is 5.56 Å². The van der Waals surface area contributed by atoms with Gasteiger partial charge in [0.1, 0.15) is 11.5 Å². The highest BCUT2D eigenvalue weighted by molar-refractivity contribution is 5.99. The van der Waals surface area contributed by atoms with Crippen LogP contribution in [0.4, 0.5) is 5.69 Å². The smallest absolute Gasteiger partial charge is 0.314 e. The third-order valence-electron chi connectivity index (χ3n) is 3.41. The summed E-state index contributed by atoms with van der Waals surface area (Å²) in [6.07, 6.45) is -0.884. The summed E-state index contributed by atoms with van der Waals surface area (Å²) in [6, 6.07) is 10.8. The van der Waals surface area contributed by atoms with Crippen molar-refractivity contribution in [3.63, 3.8) is 0 Å². The molecule has 0 amide bonds. The largest absolute Gasteiger partial charge is 0.497 e. The molecule has 0 saturated carbocycles. The molecule has 0 radical (unpaired) electrons. The molecule has 2 rings (SSSR count). The first-order chi connectivity index (χ1) is 11.5. The summed E-state index contributed by atoms with van der Waals surface area (Å²) in [5.41, 5.74) is 0.170. The van der Waals surface area contributed by atoms with Crippen LogP contribution in [0.5, 0.6) is 17.2 Å². The quantitative estimate of drug-likeness (QED) is 0.439. The van der Waals surface area contributed by atoms with Crippen LogP contribution in [-0.4, -0.2) is 31.0 Å². The van der Waals surface area contributed by atoms with E-state index >= 15 is 0 Å². The average Bonchev–Trinajstić information content (AvgIpc) is 2.61. The number of methoxy groups -OCH3 is 2. The number of carbonyl (C=O) groups excluding carboxylic acids is 1. The maximum absolute atomic E-state index is 12.4. The molecule has 0 aromatic heterocycles. The Morgan fingerprint density at radius 1 is 1.04 bits per heavy atom. The number of carbonyl (C=O) groups is 1. The molecule has 2 aromatic carbocycles. The average molecular weight is 331 g/mol. The molecule has 0 unspecified atom stereocenters. The summed E-state index contributed by atoms with van der Waals surface area (Å²) in [5.74, 6) is 0.687. The number of benzene rings is 2. The number of rotatable bonds is 7. The molecule has 0 N–H and O–H groups in total. The van der Waals surface area contributed by atoms with Crippen molar-refractivity contribution in [1.82, 2.24) is 0 Å². The van der Waals surface area contributed by atoms with Gasteiger partial charge in [0.15, 0.2) is 11.9 Å². The monoisotopic (exact) mass is 331 g/mol. The lowest BCUT2D eigenvalue weighted by atomic mass is 10.1. The summed E-state index contributed by atoms with van der Waals surface area (Å²) in [6.45, 7) is 1.54. The predicted molar refractivity (Wildman–Crippen MR) is 87.1 cm³/mol. The van der Waals surface area contributed by atoms with E-state index in [-0.39, 0.29) is 17.2 Å². The van der Waals surface area contributed by atoms with Gasteiger partial charge in [-0.25, -0.2) is 0 Å². The highest BCUT2D eigenvalue weighted by atomic mass is 16.6. The zero-order valence-electron chi connectivity index (χ0n) is 13.5. The number of hydrogen-bond acceptors (Lipinski definition) is 6. The molecule has 0 aliphatic carbocycles. The van der Waals surface area contributed by atoms with E-state index in [1.165, 1.54) is 32.4 Å². The van der Waals surface area contributed by atoms with Gasteiger partial charge in [0.25, 0.3) is 0 Å². The summed E-state index contributed by atoms with van der Waals surface area (Å²) < 4.78 is 15.5. The summed E-state index contributed by atoms with van der Waals surface area (Å²) in [7, 11) is 2.95. The Balaban J connectivity index is 2.20. The fourth-order valence-corrected chi connectivity index (χ4v) is 2.10. The van der Waals surface area contributed by atoms with Gasteiger partial charge in [-0.3, -0.25) is 14.9 Å². The minimum atomic E-state index is -0.884. The number of hydrogen-bond donors (Lipinski definition) is 0. The molecular formula is C17H17NO6. The first kappa shape index (κ1) is 17.3.